The van der Waals surface area contributed by atoms with E-state index >= 15 is 0 Å². The number of halogens is 3. The molecule has 5 heteroatoms. The van der Waals surface area contributed by atoms with E-state index in [1.165, 1.54) is 43.5 Å². The smallest absolute Gasteiger partial charge is 0.167 e. The van der Waals surface area contributed by atoms with Crippen LogP contribution in [0.3, 0.4) is 0 Å². The van der Waals surface area contributed by atoms with Crippen LogP contribution < -0.4 is 4.74 Å². The van der Waals surface area contributed by atoms with E-state index in [4.69, 9.17) is 9.47 Å². The summed E-state index contributed by atoms with van der Waals surface area (Å²) < 4.78 is 55.5. The lowest BCUT2D eigenvalue weighted by Crippen LogP contribution is -2.21. The molecular weight excluding hydrogens is 389 g/mol. The maximum absolute atomic E-state index is 14.9. The Morgan fingerprint density at radius 3 is 2.40 bits per heavy atom. The summed E-state index contributed by atoms with van der Waals surface area (Å²) in [6.45, 7) is 5.17. The van der Waals surface area contributed by atoms with Gasteiger partial charge in [0.15, 0.2) is 11.6 Å². The highest BCUT2D eigenvalue weighted by molar-refractivity contribution is 5.66. The summed E-state index contributed by atoms with van der Waals surface area (Å²) in [6.07, 6.45) is 6.66. The minimum atomic E-state index is -1.04. The van der Waals surface area contributed by atoms with Gasteiger partial charge in [0, 0.05) is 22.8 Å². The van der Waals surface area contributed by atoms with Gasteiger partial charge in [-0.05, 0) is 43.7 Å². The van der Waals surface area contributed by atoms with Crippen molar-refractivity contribution in [1.82, 2.24) is 0 Å². The summed E-state index contributed by atoms with van der Waals surface area (Å²) in [5, 5.41) is 0. The zero-order valence-electron chi connectivity index (χ0n) is 17.9. The van der Waals surface area contributed by atoms with Crippen LogP contribution in [0.4, 0.5) is 13.2 Å². The van der Waals surface area contributed by atoms with Crippen LogP contribution in [0.1, 0.15) is 70.5 Å². The summed E-state index contributed by atoms with van der Waals surface area (Å²) in [6, 6.07) is 7.17. The molecule has 0 amide bonds. The minimum Gasteiger partial charge on any atom is -0.494 e. The van der Waals surface area contributed by atoms with Gasteiger partial charge in [-0.2, -0.15) is 0 Å². The zero-order chi connectivity index (χ0) is 21.5. The van der Waals surface area contributed by atoms with Crippen LogP contribution in [-0.4, -0.2) is 13.2 Å². The van der Waals surface area contributed by atoms with E-state index < -0.39 is 23.6 Å². The van der Waals surface area contributed by atoms with Crippen LogP contribution in [0, 0.1) is 23.4 Å². The monoisotopic (exact) mass is 420 g/mol. The van der Waals surface area contributed by atoms with Gasteiger partial charge < -0.3 is 9.47 Å². The Balaban J connectivity index is 1.72. The Hall–Kier alpha value is -2.01. The molecule has 0 saturated carbocycles. The third-order valence-corrected chi connectivity index (χ3v) is 5.75. The molecule has 2 atom stereocenters. The van der Waals surface area contributed by atoms with Gasteiger partial charge in [-0.3, -0.25) is 0 Å². The van der Waals surface area contributed by atoms with Gasteiger partial charge in [0.2, 0.25) is 0 Å². The van der Waals surface area contributed by atoms with Crippen molar-refractivity contribution in [3.05, 3.63) is 53.3 Å². The highest BCUT2D eigenvalue weighted by Crippen LogP contribution is 2.37. The molecule has 0 aliphatic carbocycles. The molecule has 1 aliphatic heterocycles. The zero-order valence-corrected chi connectivity index (χ0v) is 17.9. The average Bonchev–Trinajstić information content (AvgIpc) is 2.75. The Morgan fingerprint density at radius 1 is 0.933 bits per heavy atom. The summed E-state index contributed by atoms with van der Waals surface area (Å²) in [7, 11) is 0. The van der Waals surface area contributed by atoms with Crippen LogP contribution in [0.15, 0.2) is 30.3 Å². The second kappa shape index (κ2) is 10.9. The van der Waals surface area contributed by atoms with Crippen molar-refractivity contribution in [3.63, 3.8) is 0 Å². The van der Waals surface area contributed by atoms with Gasteiger partial charge in [0.25, 0.3) is 0 Å². The first kappa shape index (κ1) is 22.7. The van der Waals surface area contributed by atoms with Gasteiger partial charge in [-0.15, -0.1) is 0 Å². The summed E-state index contributed by atoms with van der Waals surface area (Å²) >= 11 is 0. The Morgan fingerprint density at radius 2 is 1.73 bits per heavy atom. The fourth-order valence-electron chi connectivity index (χ4n) is 4.01. The van der Waals surface area contributed by atoms with Crippen molar-refractivity contribution in [2.24, 2.45) is 5.92 Å². The van der Waals surface area contributed by atoms with E-state index in [1.807, 2.05) is 6.92 Å². The topological polar surface area (TPSA) is 18.5 Å². The number of hydrogen-bond acceptors (Lipinski definition) is 2. The molecular formula is C25H31F3O2. The van der Waals surface area contributed by atoms with Crippen LogP contribution in [0.2, 0.25) is 0 Å². The second-order valence-electron chi connectivity index (χ2n) is 8.08. The molecule has 1 aliphatic rings. The Kier molecular flexibility index (Phi) is 8.20. The van der Waals surface area contributed by atoms with Gasteiger partial charge in [0.1, 0.15) is 11.6 Å². The lowest BCUT2D eigenvalue weighted by molar-refractivity contribution is -0.0218. The number of benzene rings is 2. The summed E-state index contributed by atoms with van der Waals surface area (Å²) in [5.74, 6) is -1.77. The fraction of sp³-hybridized carbons (Fsp3) is 0.520. The van der Waals surface area contributed by atoms with Crippen LogP contribution in [0.5, 0.6) is 5.75 Å². The van der Waals surface area contributed by atoms with Gasteiger partial charge in [-0.25, -0.2) is 13.2 Å². The predicted octanol–water partition coefficient (Wildman–Crippen LogP) is 7.61. The van der Waals surface area contributed by atoms with Crippen LogP contribution in [0.25, 0.3) is 11.1 Å². The predicted molar refractivity (Wildman–Crippen MR) is 113 cm³/mol. The van der Waals surface area contributed by atoms with Crippen molar-refractivity contribution < 1.29 is 22.6 Å². The molecule has 2 aromatic carbocycles. The van der Waals surface area contributed by atoms with Crippen LogP contribution in [-0.2, 0) is 4.74 Å². The lowest BCUT2D eigenvalue weighted by Gasteiger charge is -2.29. The molecule has 0 spiro atoms. The Bertz CT molecular complexity index is 829. The first-order chi connectivity index (χ1) is 14.5. The maximum Gasteiger partial charge on any atom is 0.167 e. The van der Waals surface area contributed by atoms with Gasteiger partial charge in [0.05, 0.1) is 19.3 Å². The van der Waals surface area contributed by atoms with Crippen molar-refractivity contribution >= 4 is 0 Å². The molecule has 1 fully saturated rings. The molecule has 0 N–H and O–H groups in total. The van der Waals surface area contributed by atoms with E-state index in [2.05, 4.69) is 6.92 Å². The molecule has 164 valence electrons. The maximum atomic E-state index is 14.9. The highest BCUT2D eigenvalue weighted by atomic mass is 19.2. The SMILES string of the molecule is CCCCCC1CCC(c2ccc(-c3ccc(OCCC)cc3F)c(F)c2F)OC1. The quantitative estimate of drug-likeness (QED) is 0.389. The second-order valence-corrected chi connectivity index (χ2v) is 8.08. The minimum absolute atomic E-state index is 0.0161. The van der Waals surface area contributed by atoms with Crippen molar-refractivity contribution in [2.45, 2.75) is 64.9 Å². The molecule has 2 nitrogen and oxygen atoms in total. The third kappa shape index (κ3) is 5.37. The molecule has 1 heterocycles. The molecule has 30 heavy (non-hydrogen) atoms. The number of rotatable bonds is 9. The van der Waals surface area contributed by atoms with Gasteiger partial charge >= 0.3 is 0 Å². The first-order valence-electron chi connectivity index (χ1n) is 11.1. The average molecular weight is 421 g/mol. The molecule has 2 unspecified atom stereocenters. The first-order valence-corrected chi connectivity index (χ1v) is 11.1. The van der Waals surface area contributed by atoms with Crippen molar-refractivity contribution in [1.29, 1.82) is 0 Å². The van der Waals surface area contributed by atoms with E-state index in [0.717, 1.165) is 19.3 Å². The standard InChI is InChI=1S/C25H31F3O2/c1-3-5-6-7-17-8-13-23(30-16-17)21-12-11-20(24(27)25(21)28)19-10-9-18(15-22(19)26)29-14-4-2/h9-12,15,17,23H,3-8,13-14,16H2,1-2H3. The van der Waals surface area contributed by atoms with E-state index in [-0.39, 0.29) is 16.7 Å². The normalized spacial score (nSPS) is 19.1. The highest BCUT2D eigenvalue weighted by Gasteiger charge is 2.27. The Labute approximate surface area is 177 Å². The fourth-order valence-corrected chi connectivity index (χ4v) is 4.01. The molecule has 3 rings (SSSR count). The molecule has 0 aromatic heterocycles. The molecule has 0 radical (unpaired) electrons. The largest absolute Gasteiger partial charge is 0.494 e. The summed E-state index contributed by atoms with van der Waals surface area (Å²) in [4.78, 5) is 0. The number of hydrogen-bond donors (Lipinski definition) is 0. The molecule has 2 aromatic rings. The molecule has 0 bridgehead atoms. The third-order valence-electron chi connectivity index (χ3n) is 5.75. The van der Waals surface area contributed by atoms with Crippen molar-refractivity contribution in [3.8, 4) is 16.9 Å². The molecule has 1 saturated heterocycles. The number of unbranched alkanes of at least 4 members (excludes halogenated alkanes) is 2. The van der Waals surface area contributed by atoms with E-state index in [0.29, 0.717) is 31.3 Å². The summed E-state index contributed by atoms with van der Waals surface area (Å²) in [5.41, 5.74) is 0.137. The van der Waals surface area contributed by atoms with E-state index in [9.17, 15) is 13.2 Å². The van der Waals surface area contributed by atoms with Gasteiger partial charge in [-0.1, -0.05) is 45.2 Å². The van der Waals surface area contributed by atoms with E-state index in [1.54, 1.807) is 6.07 Å². The van der Waals surface area contributed by atoms with Crippen molar-refractivity contribution in [2.75, 3.05) is 13.2 Å². The van der Waals surface area contributed by atoms with Crippen LogP contribution >= 0.6 is 0 Å². The lowest BCUT2D eigenvalue weighted by atomic mass is 9.90. The number of ether oxygens (including phenoxy) is 2.